The van der Waals surface area contributed by atoms with Gasteiger partial charge in [-0.2, -0.15) is 0 Å². The summed E-state index contributed by atoms with van der Waals surface area (Å²) in [7, 11) is 0. The largest absolute Gasteiger partial charge is 0.368 e. The van der Waals surface area contributed by atoms with Crippen molar-refractivity contribution in [1.82, 2.24) is 9.97 Å². The van der Waals surface area contributed by atoms with Gasteiger partial charge in [0.25, 0.3) is 5.91 Å². The molecule has 0 saturated heterocycles. The molecule has 0 saturated carbocycles. The molecule has 2 rings (SSSR count). The van der Waals surface area contributed by atoms with E-state index in [1.165, 1.54) is 11.1 Å². The molecule has 106 valence electrons. The summed E-state index contributed by atoms with van der Waals surface area (Å²) < 4.78 is 13.8. The Hall–Kier alpha value is -3.02. The molecule has 0 aliphatic heterocycles. The van der Waals surface area contributed by atoms with E-state index in [0.717, 1.165) is 12.3 Å². The second-order valence-electron chi connectivity index (χ2n) is 4.07. The van der Waals surface area contributed by atoms with E-state index >= 15 is 0 Å². The van der Waals surface area contributed by atoms with E-state index in [4.69, 9.17) is 5.73 Å². The maximum absolute atomic E-state index is 13.8. The van der Waals surface area contributed by atoms with Crippen molar-refractivity contribution in [1.29, 1.82) is 0 Å². The van der Waals surface area contributed by atoms with Crippen LogP contribution in [-0.2, 0) is 4.79 Å². The Morgan fingerprint density at radius 3 is 2.81 bits per heavy atom. The van der Waals surface area contributed by atoms with Crippen LogP contribution in [0.3, 0.4) is 0 Å². The topological polar surface area (TPSA) is 72.1 Å². The van der Waals surface area contributed by atoms with Gasteiger partial charge in [-0.15, -0.1) is 0 Å². The fourth-order valence-electron chi connectivity index (χ4n) is 1.81. The molecule has 0 aliphatic carbocycles. The molecular weight excluding hydrogens is 271 g/mol. The average Bonchev–Trinajstić information content (AvgIpc) is 2.50. The van der Waals surface area contributed by atoms with Crippen LogP contribution in [0.4, 0.5) is 16.0 Å². The highest BCUT2D eigenvalue weighted by molar-refractivity contribution is 6.02. The predicted molar refractivity (Wildman–Crippen MR) is 79.7 cm³/mol. The van der Waals surface area contributed by atoms with Crippen LogP contribution in [0.5, 0.6) is 0 Å². The number of nitrogens with two attached hydrogens (primary N) is 1. The van der Waals surface area contributed by atoms with Crippen molar-refractivity contribution in [2.45, 2.75) is 0 Å². The first-order chi connectivity index (χ1) is 10.1. The normalized spacial score (nSPS) is 9.95. The van der Waals surface area contributed by atoms with Crippen LogP contribution < -0.4 is 10.6 Å². The van der Waals surface area contributed by atoms with Gasteiger partial charge >= 0.3 is 0 Å². The highest BCUT2D eigenvalue weighted by Crippen LogP contribution is 2.26. The zero-order chi connectivity index (χ0) is 15.4. The molecule has 1 heterocycles. The van der Waals surface area contributed by atoms with Gasteiger partial charge in [-0.05, 0) is 18.2 Å². The SMILES string of the molecule is C=CC(=O)N(C=C)c1cccc(-c2nc(N)ncc2F)c1. The molecule has 0 radical (unpaired) electrons. The highest BCUT2D eigenvalue weighted by Gasteiger charge is 2.13. The number of carbonyl (C=O) groups excluding carboxylic acids is 1. The summed E-state index contributed by atoms with van der Waals surface area (Å²) in [5, 5.41) is 0. The minimum absolute atomic E-state index is 0.0282. The summed E-state index contributed by atoms with van der Waals surface area (Å²) in [5.74, 6) is -0.967. The molecule has 1 aromatic carbocycles. The lowest BCUT2D eigenvalue weighted by molar-refractivity contribution is -0.113. The van der Waals surface area contributed by atoms with E-state index in [1.807, 2.05) is 0 Å². The quantitative estimate of drug-likeness (QED) is 0.876. The molecule has 0 unspecified atom stereocenters. The summed E-state index contributed by atoms with van der Waals surface area (Å²) >= 11 is 0. The van der Waals surface area contributed by atoms with Gasteiger partial charge < -0.3 is 5.73 Å². The molecule has 6 heteroatoms. The van der Waals surface area contributed by atoms with Gasteiger partial charge in [-0.1, -0.05) is 25.3 Å². The maximum Gasteiger partial charge on any atom is 0.254 e. The molecule has 0 atom stereocenters. The lowest BCUT2D eigenvalue weighted by atomic mass is 10.1. The Balaban J connectivity index is 2.51. The lowest BCUT2D eigenvalue weighted by Crippen LogP contribution is -2.22. The standard InChI is InChI=1S/C15H13FN4O/c1-3-13(21)20(4-2)11-7-5-6-10(8-11)14-12(16)9-18-15(17)19-14/h3-9H,1-2H2,(H2,17,18,19). The zero-order valence-electron chi connectivity index (χ0n) is 11.2. The summed E-state index contributed by atoms with van der Waals surface area (Å²) in [6.45, 7) is 7.00. The first-order valence-corrected chi connectivity index (χ1v) is 6.03. The Kier molecular flexibility index (Phi) is 4.08. The van der Waals surface area contributed by atoms with Crippen molar-refractivity contribution >= 4 is 17.5 Å². The van der Waals surface area contributed by atoms with Crippen molar-refractivity contribution in [3.8, 4) is 11.3 Å². The van der Waals surface area contributed by atoms with Crippen LogP contribution in [0.2, 0.25) is 0 Å². The van der Waals surface area contributed by atoms with Crippen molar-refractivity contribution in [3.05, 3.63) is 61.7 Å². The van der Waals surface area contributed by atoms with Gasteiger partial charge in [-0.3, -0.25) is 9.69 Å². The van der Waals surface area contributed by atoms with Crippen LogP contribution in [0, 0.1) is 5.82 Å². The second kappa shape index (κ2) is 5.96. The third kappa shape index (κ3) is 2.94. The number of nitrogen functional groups attached to an aromatic ring is 1. The van der Waals surface area contributed by atoms with Crippen molar-refractivity contribution < 1.29 is 9.18 Å². The number of anilines is 2. The van der Waals surface area contributed by atoms with E-state index in [2.05, 4.69) is 23.1 Å². The minimum atomic E-state index is -0.596. The molecule has 1 amide bonds. The maximum atomic E-state index is 13.8. The smallest absolute Gasteiger partial charge is 0.254 e. The van der Waals surface area contributed by atoms with Gasteiger partial charge in [0, 0.05) is 17.5 Å². The summed E-state index contributed by atoms with van der Waals surface area (Å²) in [5.41, 5.74) is 6.54. The Morgan fingerprint density at radius 1 is 1.38 bits per heavy atom. The Labute approximate surface area is 121 Å². The van der Waals surface area contributed by atoms with Gasteiger partial charge in [0.2, 0.25) is 5.95 Å². The number of hydrogen-bond acceptors (Lipinski definition) is 4. The summed E-state index contributed by atoms with van der Waals surface area (Å²) in [4.78, 5) is 20.5. The molecule has 21 heavy (non-hydrogen) atoms. The summed E-state index contributed by atoms with van der Waals surface area (Å²) in [6, 6.07) is 6.63. The number of rotatable bonds is 4. The Bertz CT molecular complexity index is 715. The number of aromatic nitrogens is 2. The second-order valence-corrected chi connectivity index (χ2v) is 4.07. The highest BCUT2D eigenvalue weighted by atomic mass is 19.1. The predicted octanol–water partition coefficient (Wildman–Crippen LogP) is 2.53. The number of nitrogens with zero attached hydrogens (tertiary/aromatic N) is 3. The minimum Gasteiger partial charge on any atom is -0.368 e. The van der Waals surface area contributed by atoms with Crippen LogP contribution in [0.1, 0.15) is 0 Å². The number of halogens is 1. The number of amides is 1. The first kappa shape index (κ1) is 14.4. The van der Waals surface area contributed by atoms with Gasteiger partial charge in [0.15, 0.2) is 5.82 Å². The lowest BCUT2D eigenvalue weighted by Gasteiger charge is -2.17. The molecular formula is C15H13FN4O. The molecule has 0 bridgehead atoms. The van der Waals surface area contributed by atoms with E-state index in [9.17, 15) is 9.18 Å². The van der Waals surface area contributed by atoms with E-state index < -0.39 is 5.82 Å². The monoisotopic (exact) mass is 284 g/mol. The van der Waals surface area contributed by atoms with Crippen molar-refractivity contribution in [3.63, 3.8) is 0 Å². The molecule has 1 aromatic heterocycles. The fourth-order valence-corrected chi connectivity index (χ4v) is 1.81. The molecule has 0 aliphatic rings. The van der Waals surface area contributed by atoms with E-state index in [1.54, 1.807) is 24.3 Å². The third-order valence-electron chi connectivity index (χ3n) is 2.76. The molecule has 5 nitrogen and oxygen atoms in total. The number of benzene rings is 1. The van der Waals surface area contributed by atoms with Gasteiger partial charge in [0.1, 0.15) is 5.69 Å². The fraction of sp³-hybridized carbons (Fsp3) is 0. The van der Waals surface area contributed by atoms with Crippen LogP contribution in [0.15, 0.2) is 55.9 Å². The average molecular weight is 284 g/mol. The van der Waals surface area contributed by atoms with E-state index in [-0.39, 0.29) is 17.5 Å². The van der Waals surface area contributed by atoms with E-state index in [0.29, 0.717) is 11.3 Å². The zero-order valence-corrected chi connectivity index (χ0v) is 11.2. The van der Waals surface area contributed by atoms with Crippen LogP contribution >= 0.6 is 0 Å². The molecule has 2 aromatic rings. The molecule has 0 fully saturated rings. The first-order valence-electron chi connectivity index (χ1n) is 6.03. The molecule has 2 N–H and O–H groups in total. The van der Waals surface area contributed by atoms with Crippen LogP contribution in [-0.4, -0.2) is 15.9 Å². The van der Waals surface area contributed by atoms with Gasteiger partial charge in [-0.25, -0.2) is 14.4 Å². The molecule has 0 spiro atoms. The third-order valence-corrected chi connectivity index (χ3v) is 2.76. The number of hydrogen-bond donors (Lipinski definition) is 1. The number of carbonyl (C=O) groups is 1. The summed E-state index contributed by atoms with van der Waals surface area (Å²) in [6.07, 6.45) is 3.52. The van der Waals surface area contributed by atoms with Crippen LogP contribution in [0.25, 0.3) is 11.3 Å². The Morgan fingerprint density at radius 2 is 2.14 bits per heavy atom. The van der Waals surface area contributed by atoms with Crippen molar-refractivity contribution in [2.24, 2.45) is 0 Å². The van der Waals surface area contributed by atoms with Gasteiger partial charge in [0.05, 0.1) is 6.20 Å². The van der Waals surface area contributed by atoms with Crippen molar-refractivity contribution in [2.75, 3.05) is 10.6 Å².